The van der Waals surface area contributed by atoms with E-state index in [1.165, 1.54) is 5.52 Å². The lowest BCUT2D eigenvalue weighted by Crippen LogP contribution is -2.50. The highest BCUT2D eigenvalue weighted by atomic mass is 16.2. The molecular weight excluding hydrogens is 300 g/mol. The Morgan fingerprint density at radius 1 is 1.29 bits per heavy atom. The van der Waals surface area contributed by atoms with Crippen LogP contribution in [0.1, 0.15) is 32.0 Å². The number of nitrogens with zero attached hydrogens (tertiary/aromatic N) is 3. The van der Waals surface area contributed by atoms with Crippen LogP contribution in [0.4, 0.5) is 0 Å². The first kappa shape index (κ1) is 15.6. The summed E-state index contributed by atoms with van der Waals surface area (Å²) < 4.78 is 2.17. The number of amides is 1. The summed E-state index contributed by atoms with van der Waals surface area (Å²) in [6.45, 7) is 4.80. The monoisotopic (exact) mass is 326 g/mol. The van der Waals surface area contributed by atoms with Gasteiger partial charge in [0.05, 0.1) is 17.6 Å². The van der Waals surface area contributed by atoms with Crippen LogP contribution in [0.25, 0.3) is 11.0 Å². The zero-order chi connectivity index (χ0) is 16.7. The molecule has 1 amide bonds. The number of piperidine rings is 1. The summed E-state index contributed by atoms with van der Waals surface area (Å²) in [5.41, 5.74) is 2.22. The fourth-order valence-electron chi connectivity index (χ4n) is 3.81. The van der Waals surface area contributed by atoms with E-state index in [0.717, 1.165) is 50.2 Å². The molecule has 0 bridgehead atoms. The van der Waals surface area contributed by atoms with Gasteiger partial charge in [-0.25, -0.2) is 4.98 Å². The van der Waals surface area contributed by atoms with E-state index in [1.807, 2.05) is 6.07 Å². The number of rotatable bonds is 4. The lowest BCUT2D eigenvalue weighted by Gasteiger charge is -2.37. The smallest absolute Gasteiger partial charge is 0.225 e. The van der Waals surface area contributed by atoms with Gasteiger partial charge in [-0.15, -0.1) is 0 Å². The summed E-state index contributed by atoms with van der Waals surface area (Å²) in [6.07, 6.45) is 3.22. The molecule has 1 aliphatic carbocycles. The number of para-hydroxylation sites is 2. The molecule has 1 aliphatic heterocycles. The molecular formula is C19H26N4O. The second kappa shape index (κ2) is 6.20. The molecule has 2 aromatic rings. The molecule has 1 saturated carbocycles. The minimum atomic E-state index is 0.335. The number of carbonyl (C=O) groups is 1. The van der Waals surface area contributed by atoms with Crippen LogP contribution < -0.4 is 5.32 Å². The maximum Gasteiger partial charge on any atom is 0.225 e. The summed E-state index contributed by atoms with van der Waals surface area (Å²) in [5.74, 6) is 2.27. The Kier molecular flexibility index (Phi) is 4.04. The number of aromatic nitrogens is 2. The fraction of sp³-hybridized carbons (Fsp3) is 0.579. The molecule has 1 aromatic heterocycles. The van der Waals surface area contributed by atoms with Crippen LogP contribution in [0.5, 0.6) is 0 Å². The average molecular weight is 326 g/mol. The Balaban J connectivity index is 1.37. The van der Waals surface area contributed by atoms with Gasteiger partial charge in [0.15, 0.2) is 0 Å². The van der Waals surface area contributed by atoms with Gasteiger partial charge in [0, 0.05) is 32.1 Å². The van der Waals surface area contributed by atoms with Crippen molar-refractivity contribution >= 4 is 16.9 Å². The minimum Gasteiger partial charge on any atom is -0.342 e. The van der Waals surface area contributed by atoms with Crippen molar-refractivity contribution in [2.24, 2.45) is 18.9 Å². The van der Waals surface area contributed by atoms with Crippen LogP contribution in [0.3, 0.4) is 0 Å². The molecule has 2 heterocycles. The predicted molar refractivity (Wildman–Crippen MR) is 94.4 cm³/mol. The normalized spacial score (nSPS) is 24.5. The third-order valence-corrected chi connectivity index (χ3v) is 5.55. The number of imidazole rings is 1. The molecule has 5 nitrogen and oxygen atoms in total. The number of carbonyl (C=O) groups excluding carboxylic acids is 1. The quantitative estimate of drug-likeness (QED) is 0.938. The van der Waals surface area contributed by atoms with Gasteiger partial charge in [-0.05, 0) is 37.3 Å². The van der Waals surface area contributed by atoms with E-state index < -0.39 is 0 Å². The molecule has 1 N–H and O–H groups in total. The molecule has 2 atom stereocenters. The molecule has 128 valence electrons. The van der Waals surface area contributed by atoms with Crippen LogP contribution in [0.15, 0.2) is 24.3 Å². The van der Waals surface area contributed by atoms with Crippen LogP contribution >= 0.6 is 0 Å². The van der Waals surface area contributed by atoms with Crippen LogP contribution in [-0.4, -0.2) is 39.5 Å². The summed E-state index contributed by atoms with van der Waals surface area (Å²) >= 11 is 0. The van der Waals surface area contributed by atoms with Crippen LogP contribution in [-0.2, 0) is 18.4 Å². The predicted octanol–water partition coefficient (Wildman–Crippen LogP) is 2.31. The Hall–Kier alpha value is -1.88. The fourth-order valence-corrected chi connectivity index (χ4v) is 3.81. The molecule has 5 heteroatoms. The second-order valence-electron chi connectivity index (χ2n) is 7.39. The van der Waals surface area contributed by atoms with Crippen molar-refractivity contribution in [3.63, 3.8) is 0 Å². The molecule has 2 unspecified atom stereocenters. The first-order chi connectivity index (χ1) is 11.6. The zero-order valence-corrected chi connectivity index (χ0v) is 14.5. The summed E-state index contributed by atoms with van der Waals surface area (Å²) in [4.78, 5) is 19.0. The van der Waals surface area contributed by atoms with Crippen molar-refractivity contribution in [3.05, 3.63) is 30.1 Å². The number of hydrogen-bond donors (Lipinski definition) is 1. The van der Waals surface area contributed by atoms with Gasteiger partial charge in [-0.1, -0.05) is 19.1 Å². The third-order valence-electron chi connectivity index (χ3n) is 5.55. The number of hydrogen-bond acceptors (Lipinski definition) is 3. The van der Waals surface area contributed by atoms with Gasteiger partial charge in [-0.3, -0.25) is 4.79 Å². The van der Waals surface area contributed by atoms with Crippen molar-refractivity contribution in [2.45, 2.75) is 38.8 Å². The number of aryl methyl sites for hydroxylation is 1. The van der Waals surface area contributed by atoms with Crippen molar-refractivity contribution in [2.75, 3.05) is 13.1 Å². The summed E-state index contributed by atoms with van der Waals surface area (Å²) in [7, 11) is 2.08. The Labute approximate surface area is 143 Å². The topological polar surface area (TPSA) is 50.2 Å². The van der Waals surface area contributed by atoms with Crippen LogP contribution in [0.2, 0.25) is 0 Å². The van der Waals surface area contributed by atoms with Gasteiger partial charge in [-0.2, -0.15) is 0 Å². The molecule has 0 radical (unpaired) electrons. The molecule has 0 spiro atoms. The maximum atomic E-state index is 12.2. The van der Waals surface area contributed by atoms with E-state index in [0.29, 0.717) is 23.8 Å². The Bertz CT molecular complexity index is 749. The van der Waals surface area contributed by atoms with E-state index >= 15 is 0 Å². The van der Waals surface area contributed by atoms with Gasteiger partial charge < -0.3 is 14.8 Å². The van der Waals surface area contributed by atoms with Gasteiger partial charge in [0.2, 0.25) is 5.91 Å². The first-order valence-corrected chi connectivity index (χ1v) is 9.06. The SMILES string of the molecule is CC1CN(C(=O)C2CC2)CCC1NCc1nc2ccccc2n1C. The first-order valence-electron chi connectivity index (χ1n) is 9.06. The number of nitrogens with one attached hydrogen (secondary N) is 1. The largest absolute Gasteiger partial charge is 0.342 e. The van der Waals surface area contributed by atoms with Crippen molar-refractivity contribution in [1.82, 2.24) is 19.8 Å². The van der Waals surface area contributed by atoms with Crippen molar-refractivity contribution in [3.8, 4) is 0 Å². The maximum absolute atomic E-state index is 12.2. The minimum absolute atomic E-state index is 0.335. The highest BCUT2D eigenvalue weighted by Gasteiger charge is 2.36. The lowest BCUT2D eigenvalue weighted by atomic mass is 9.93. The number of likely N-dealkylation sites (tertiary alicyclic amines) is 1. The highest BCUT2D eigenvalue weighted by molar-refractivity contribution is 5.81. The Morgan fingerprint density at radius 3 is 2.79 bits per heavy atom. The summed E-state index contributed by atoms with van der Waals surface area (Å²) in [5, 5.41) is 3.67. The standard InChI is InChI=1S/C19H26N4O/c1-13-12-23(19(24)14-7-8-14)10-9-15(13)20-11-18-21-16-5-3-4-6-17(16)22(18)2/h3-6,13-15,20H,7-12H2,1-2H3. The molecule has 1 saturated heterocycles. The van der Waals surface area contributed by atoms with E-state index in [1.54, 1.807) is 0 Å². The molecule has 2 fully saturated rings. The van der Waals surface area contributed by atoms with E-state index in [9.17, 15) is 4.79 Å². The zero-order valence-electron chi connectivity index (χ0n) is 14.5. The molecule has 1 aromatic carbocycles. The summed E-state index contributed by atoms with van der Waals surface area (Å²) in [6, 6.07) is 8.70. The van der Waals surface area contributed by atoms with Gasteiger partial charge >= 0.3 is 0 Å². The van der Waals surface area contributed by atoms with Gasteiger partial charge in [0.1, 0.15) is 5.82 Å². The third kappa shape index (κ3) is 2.93. The van der Waals surface area contributed by atoms with E-state index in [4.69, 9.17) is 4.98 Å². The number of benzene rings is 1. The number of fused-ring (bicyclic) bond motifs is 1. The van der Waals surface area contributed by atoms with E-state index in [2.05, 4.69) is 47.0 Å². The molecule has 4 rings (SSSR count). The van der Waals surface area contributed by atoms with Crippen LogP contribution in [0, 0.1) is 11.8 Å². The molecule has 2 aliphatic rings. The van der Waals surface area contributed by atoms with E-state index in [-0.39, 0.29) is 0 Å². The second-order valence-corrected chi connectivity index (χ2v) is 7.39. The van der Waals surface area contributed by atoms with Gasteiger partial charge in [0.25, 0.3) is 0 Å². The van der Waals surface area contributed by atoms with Crippen molar-refractivity contribution < 1.29 is 4.79 Å². The Morgan fingerprint density at radius 2 is 2.08 bits per heavy atom. The lowest BCUT2D eigenvalue weighted by molar-refractivity contribution is -0.134. The average Bonchev–Trinajstić information content (AvgIpc) is 3.39. The van der Waals surface area contributed by atoms with Crippen molar-refractivity contribution in [1.29, 1.82) is 0 Å². The highest BCUT2D eigenvalue weighted by Crippen LogP contribution is 2.32. The molecule has 24 heavy (non-hydrogen) atoms.